The van der Waals surface area contributed by atoms with Crippen LogP contribution in [0.5, 0.6) is 0 Å². The molecule has 0 radical (unpaired) electrons. The molecule has 1 aliphatic rings. The van der Waals surface area contributed by atoms with Gasteiger partial charge in [-0.3, -0.25) is 9.59 Å². The van der Waals surface area contributed by atoms with Crippen LogP contribution in [0.3, 0.4) is 0 Å². The minimum atomic E-state index is -0.311. The zero-order valence-electron chi connectivity index (χ0n) is 13.4. The summed E-state index contributed by atoms with van der Waals surface area (Å²) in [5, 5.41) is 0. The maximum Gasteiger partial charge on any atom is 0.312 e. The first kappa shape index (κ1) is 16.7. The zero-order valence-corrected chi connectivity index (χ0v) is 13.4. The first-order chi connectivity index (χ1) is 10.6. The van der Waals surface area contributed by atoms with E-state index < -0.39 is 0 Å². The average Bonchev–Trinajstić information content (AvgIpc) is 2.60. The van der Waals surface area contributed by atoms with Crippen molar-refractivity contribution in [2.24, 2.45) is 17.6 Å². The van der Waals surface area contributed by atoms with Crippen LogP contribution in [0.4, 0.5) is 0 Å². The summed E-state index contributed by atoms with van der Waals surface area (Å²) in [5.41, 5.74) is 7.30. The van der Waals surface area contributed by atoms with Gasteiger partial charge >= 0.3 is 5.97 Å². The molecule has 1 unspecified atom stereocenters. The molecule has 1 aromatic rings. The van der Waals surface area contributed by atoms with Gasteiger partial charge in [-0.2, -0.15) is 0 Å². The van der Waals surface area contributed by atoms with Crippen LogP contribution in [-0.2, 0) is 9.53 Å². The van der Waals surface area contributed by atoms with Crippen LogP contribution in [0.1, 0.15) is 54.4 Å². The van der Waals surface area contributed by atoms with E-state index >= 15 is 0 Å². The molecule has 22 heavy (non-hydrogen) atoms. The summed E-state index contributed by atoms with van der Waals surface area (Å²) in [6, 6.07) is 7.35. The summed E-state index contributed by atoms with van der Waals surface area (Å²) in [6.07, 6.45) is 3.96. The molecular weight excluding hydrogens is 278 g/mol. The number of esters is 1. The first-order valence-electron chi connectivity index (χ1n) is 7.98. The maximum absolute atomic E-state index is 12.5. The number of benzene rings is 1. The van der Waals surface area contributed by atoms with Gasteiger partial charge in [-0.1, -0.05) is 24.3 Å². The Morgan fingerprint density at radius 3 is 2.27 bits per heavy atom. The summed E-state index contributed by atoms with van der Waals surface area (Å²) in [7, 11) is 1.38. The summed E-state index contributed by atoms with van der Waals surface area (Å²) in [6.45, 7) is 2.53. The molecular formula is C18H25NO3. The molecule has 0 aromatic heterocycles. The molecule has 0 aliphatic heterocycles. The van der Waals surface area contributed by atoms with Crippen LogP contribution >= 0.6 is 0 Å². The van der Waals surface area contributed by atoms with Crippen molar-refractivity contribution >= 4 is 11.8 Å². The molecule has 2 N–H and O–H groups in total. The van der Waals surface area contributed by atoms with Gasteiger partial charge in [-0.15, -0.1) is 0 Å². The van der Waals surface area contributed by atoms with E-state index in [9.17, 15) is 9.59 Å². The van der Waals surface area contributed by atoms with Gasteiger partial charge in [-0.05, 0) is 50.6 Å². The fourth-order valence-corrected chi connectivity index (χ4v) is 3.14. The number of methoxy groups -OCH3 is 1. The number of carbonyl (C=O) groups excluding carboxylic acids is 2. The summed E-state index contributed by atoms with van der Waals surface area (Å²) >= 11 is 0. The fraction of sp³-hybridized carbons (Fsp3) is 0.556. The Morgan fingerprint density at radius 1 is 1.18 bits per heavy atom. The first-order valence-corrected chi connectivity index (χ1v) is 7.98. The third-order valence-electron chi connectivity index (χ3n) is 4.80. The van der Waals surface area contributed by atoms with Crippen LogP contribution in [0.15, 0.2) is 24.3 Å². The monoisotopic (exact) mass is 303 g/mol. The maximum atomic E-state index is 12.5. The van der Waals surface area contributed by atoms with Crippen molar-refractivity contribution in [1.29, 1.82) is 0 Å². The number of Topliss-reactive ketones (excluding diaryl/α,β-unsaturated/α-hetero) is 1. The lowest BCUT2D eigenvalue weighted by atomic mass is 9.78. The Labute approximate surface area is 132 Å². The highest BCUT2D eigenvalue weighted by molar-refractivity contribution is 5.98. The molecule has 2 rings (SSSR count). The number of nitrogens with two attached hydrogens (primary N) is 1. The molecule has 1 aliphatic carbocycles. The topological polar surface area (TPSA) is 69.4 Å². The standard InChI is InChI=1S/C18H25NO3/c1-12(18(21)22-2)14-7-9-16(10-8-14)17(20)15-5-3-13(11-19)4-6-15/h7-10,12-13,15H,3-6,11,19H2,1-2H3/t12?,13-,15-. The van der Waals surface area contributed by atoms with Crippen molar-refractivity contribution in [3.8, 4) is 0 Å². The van der Waals surface area contributed by atoms with E-state index in [0.717, 1.165) is 43.4 Å². The summed E-state index contributed by atoms with van der Waals surface area (Å²) < 4.78 is 4.74. The van der Waals surface area contributed by atoms with Crippen molar-refractivity contribution in [2.75, 3.05) is 13.7 Å². The lowest BCUT2D eigenvalue weighted by molar-refractivity contribution is -0.141. The molecule has 1 aromatic carbocycles. The van der Waals surface area contributed by atoms with Crippen LogP contribution in [0.2, 0.25) is 0 Å². The minimum absolute atomic E-state index is 0.117. The second kappa shape index (κ2) is 7.54. The lowest BCUT2D eigenvalue weighted by Gasteiger charge is -2.26. The third kappa shape index (κ3) is 3.74. The molecule has 0 bridgehead atoms. The second-order valence-corrected chi connectivity index (χ2v) is 6.18. The highest BCUT2D eigenvalue weighted by atomic mass is 16.5. The van der Waals surface area contributed by atoms with Crippen LogP contribution < -0.4 is 5.73 Å². The molecule has 4 nitrogen and oxygen atoms in total. The number of ketones is 1. The van der Waals surface area contributed by atoms with Crippen molar-refractivity contribution < 1.29 is 14.3 Å². The molecule has 0 amide bonds. The highest BCUT2D eigenvalue weighted by Crippen LogP contribution is 2.30. The third-order valence-corrected chi connectivity index (χ3v) is 4.80. The molecule has 0 spiro atoms. The van der Waals surface area contributed by atoms with Crippen molar-refractivity contribution in [3.05, 3.63) is 35.4 Å². The Morgan fingerprint density at radius 2 is 1.77 bits per heavy atom. The van der Waals surface area contributed by atoms with Gasteiger partial charge < -0.3 is 10.5 Å². The van der Waals surface area contributed by atoms with Gasteiger partial charge in [0.1, 0.15) is 0 Å². The Hall–Kier alpha value is -1.68. The van der Waals surface area contributed by atoms with Crippen LogP contribution in [-0.4, -0.2) is 25.4 Å². The Bertz CT molecular complexity index is 516. The number of rotatable bonds is 5. The van der Waals surface area contributed by atoms with E-state index in [-0.39, 0.29) is 23.6 Å². The predicted octanol–water partition coefficient (Wildman–Crippen LogP) is 2.91. The number of hydrogen-bond acceptors (Lipinski definition) is 4. The molecule has 120 valence electrons. The number of ether oxygens (including phenoxy) is 1. The Balaban J connectivity index is 2.01. The van der Waals surface area contributed by atoms with Gasteiger partial charge in [0.25, 0.3) is 0 Å². The van der Waals surface area contributed by atoms with Gasteiger partial charge in [0.2, 0.25) is 0 Å². The molecule has 1 fully saturated rings. The van der Waals surface area contributed by atoms with E-state index in [4.69, 9.17) is 10.5 Å². The van der Waals surface area contributed by atoms with Crippen molar-refractivity contribution in [1.82, 2.24) is 0 Å². The average molecular weight is 303 g/mol. The van der Waals surface area contributed by atoms with Gasteiger partial charge in [0, 0.05) is 11.5 Å². The Kier molecular flexibility index (Phi) is 5.72. The number of carbonyl (C=O) groups is 2. The quantitative estimate of drug-likeness (QED) is 0.671. The van der Waals surface area contributed by atoms with Crippen molar-refractivity contribution in [3.63, 3.8) is 0 Å². The second-order valence-electron chi connectivity index (χ2n) is 6.18. The SMILES string of the molecule is COC(=O)C(C)c1ccc(C(=O)[C@H]2CC[C@H](CN)CC2)cc1. The molecule has 0 saturated heterocycles. The zero-order chi connectivity index (χ0) is 16.1. The largest absolute Gasteiger partial charge is 0.469 e. The van der Waals surface area contributed by atoms with E-state index in [2.05, 4.69) is 0 Å². The molecule has 1 saturated carbocycles. The lowest BCUT2D eigenvalue weighted by Crippen LogP contribution is -2.25. The summed E-state index contributed by atoms with van der Waals surface area (Å²) in [4.78, 5) is 24.1. The van der Waals surface area contributed by atoms with Crippen LogP contribution in [0.25, 0.3) is 0 Å². The fourth-order valence-electron chi connectivity index (χ4n) is 3.14. The smallest absolute Gasteiger partial charge is 0.312 e. The van der Waals surface area contributed by atoms with Gasteiger partial charge in [0.15, 0.2) is 5.78 Å². The van der Waals surface area contributed by atoms with E-state index in [0.29, 0.717) is 5.92 Å². The van der Waals surface area contributed by atoms with Crippen molar-refractivity contribution in [2.45, 2.75) is 38.5 Å². The molecule has 0 heterocycles. The number of hydrogen-bond donors (Lipinski definition) is 1. The van der Waals surface area contributed by atoms with E-state index in [1.54, 1.807) is 6.92 Å². The molecule has 1 atom stereocenters. The van der Waals surface area contributed by atoms with Gasteiger partial charge in [-0.25, -0.2) is 0 Å². The normalized spacial score (nSPS) is 22.9. The van der Waals surface area contributed by atoms with E-state index in [1.165, 1.54) is 7.11 Å². The van der Waals surface area contributed by atoms with Crippen LogP contribution in [0, 0.1) is 11.8 Å². The summed E-state index contributed by atoms with van der Waals surface area (Å²) in [5.74, 6) is 0.333. The molecule has 4 heteroatoms. The highest BCUT2D eigenvalue weighted by Gasteiger charge is 2.26. The van der Waals surface area contributed by atoms with E-state index in [1.807, 2.05) is 24.3 Å². The minimum Gasteiger partial charge on any atom is -0.469 e. The van der Waals surface area contributed by atoms with Gasteiger partial charge in [0.05, 0.1) is 13.0 Å². The predicted molar refractivity (Wildman–Crippen MR) is 85.7 cm³/mol.